The average molecular weight is 241 g/mol. The summed E-state index contributed by atoms with van der Waals surface area (Å²) < 4.78 is 4.88. The third-order valence-electron chi connectivity index (χ3n) is 2.19. The van der Waals surface area contributed by atoms with Crippen LogP contribution >= 0.6 is 0 Å². The number of amides is 1. The highest BCUT2D eigenvalue weighted by Gasteiger charge is 2.05. The fourth-order valence-electron chi connectivity index (χ4n) is 1.06. The zero-order chi connectivity index (χ0) is 13.1. The maximum atomic E-state index is 11.1. The first kappa shape index (κ1) is 15.7. The van der Waals surface area contributed by atoms with Crippen molar-refractivity contribution in [1.29, 1.82) is 0 Å². The Bertz CT molecular complexity index is 259. The van der Waals surface area contributed by atoms with Crippen molar-refractivity contribution in [3.63, 3.8) is 0 Å². The molecule has 0 heterocycles. The molecule has 0 saturated carbocycles. The van der Waals surface area contributed by atoms with Gasteiger partial charge in [-0.1, -0.05) is 20.8 Å². The van der Waals surface area contributed by atoms with Gasteiger partial charge < -0.3 is 10.1 Å². The SMILES string of the molecule is CCC(=O)NCCCC/C=C/OC(=O)C(C)C. The van der Waals surface area contributed by atoms with Crippen molar-refractivity contribution in [2.45, 2.75) is 46.5 Å². The molecular weight excluding hydrogens is 218 g/mol. The fraction of sp³-hybridized carbons (Fsp3) is 0.692. The number of allylic oxidation sites excluding steroid dienone is 1. The number of unbranched alkanes of at least 4 members (excludes halogenated alkanes) is 2. The number of esters is 1. The molecule has 0 aliphatic heterocycles. The molecule has 17 heavy (non-hydrogen) atoms. The minimum atomic E-state index is -0.212. The maximum absolute atomic E-state index is 11.1. The highest BCUT2D eigenvalue weighted by Crippen LogP contribution is 1.99. The molecule has 0 fully saturated rings. The summed E-state index contributed by atoms with van der Waals surface area (Å²) in [6.45, 7) is 6.15. The van der Waals surface area contributed by atoms with E-state index in [-0.39, 0.29) is 17.8 Å². The van der Waals surface area contributed by atoms with E-state index in [4.69, 9.17) is 4.74 Å². The maximum Gasteiger partial charge on any atom is 0.313 e. The molecule has 0 atom stereocenters. The summed E-state index contributed by atoms with van der Waals surface area (Å²) in [4.78, 5) is 22.0. The Morgan fingerprint density at radius 1 is 1.29 bits per heavy atom. The van der Waals surface area contributed by atoms with Crippen molar-refractivity contribution in [1.82, 2.24) is 5.32 Å². The highest BCUT2D eigenvalue weighted by atomic mass is 16.5. The van der Waals surface area contributed by atoms with Crippen LogP contribution in [0.2, 0.25) is 0 Å². The third kappa shape index (κ3) is 9.60. The molecule has 1 amide bonds. The van der Waals surface area contributed by atoms with E-state index in [9.17, 15) is 9.59 Å². The summed E-state index contributed by atoms with van der Waals surface area (Å²) in [7, 11) is 0. The van der Waals surface area contributed by atoms with Gasteiger partial charge in [0.05, 0.1) is 12.2 Å². The van der Waals surface area contributed by atoms with Crippen molar-refractivity contribution < 1.29 is 14.3 Å². The largest absolute Gasteiger partial charge is 0.435 e. The molecule has 0 aliphatic rings. The van der Waals surface area contributed by atoms with E-state index in [1.807, 2.05) is 13.0 Å². The number of nitrogens with one attached hydrogen (secondary N) is 1. The molecule has 0 aromatic carbocycles. The van der Waals surface area contributed by atoms with E-state index in [1.54, 1.807) is 13.8 Å². The van der Waals surface area contributed by atoms with Gasteiger partial charge in [-0.05, 0) is 25.3 Å². The lowest BCUT2D eigenvalue weighted by Crippen LogP contribution is -2.22. The predicted octanol–water partition coefficient (Wildman–Crippen LogP) is 2.40. The molecule has 0 aromatic rings. The highest BCUT2D eigenvalue weighted by molar-refractivity contribution is 5.75. The zero-order valence-electron chi connectivity index (χ0n) is 11.0. The molecular formula is C13H23NO3. The molecule has 4 heteroatoms. The average Bonchev–Trinajstić information content (AvgIpc) is 2.31. The van der Waals surface area contributed by atoms with Crippen molar-refractivity contribution in [3.8, 4) is 0 Å². The number of rotatable bonds is 8. The Morgan fingerprint density at radius 3 is 2.59 bits per heavy atom. The normalized spacial score (nSPS) is 10.8. The molecule has 0 rings (SSSR count). The molecule has 4 nitrogen and oxygen atoms in total. The molecule has 0 aromatic heterocycles. The molecule has 0 aliphatic carbocycles. The minimum Gasteiger partial charge on any atom is -0.435 e. The quantitative estimate of drug-likeness (QED) is 0.403. The topological polar surface area (TPSA) is 55.4 Å². The van der Waals surface area contributed by atoms with Crippen LogP contribution in [0.4, 0.5) is 0 Å². The van der Waals surface area contributed by atoms with Crippen LogP contribution in [0.1, 0.15) is 46.5 Å². The molecule has 98 valence electrons. The summed E-state index contributed by atoms with van der Waals surface area (Å²) in [5, 5.41) is 2.81. The minimum absolute atomic E-state index is 0.0893. The lowest BCUT2D eigenvalue weighted by atomic mass is 10.2. The first-order chi connectivity index (χ1) is 8.07. The molecule has 0 unspecified atom stereocenters. The zero-order valence-corrected chi connectivity index (χ0v) is 11.0. The summed E-state index contributed by atoms with van der Waals surface area (Å²) >= 11 is 0. The van der Waals surface area contributed by atoms with Crippen LogP contribution < -0.4 is 5.32 Å². The number of hydrogen-bond acceptors (Lipinski definition) is 3. The monoisotopic (exact) mass is 241 g/mol. The van der Waals surface area contributed by atoms with Gasteiger partial charge in [0.1, 0.15) is 0 Å². The first-order valence-corrected chi connectivity index (χ1v) is 6.20. The van der Waals surface area contributed by atoms with Crippen LogP contribution in [0.3, 0.4) is 0 Å². The fourth-order valence-corrected chi connectivity index (χ4v) is 1.06. The van der Waals surface area contributed by atoms with Crippen LogP contribution in [-0.2, 0) is 14.3 Å². The van der Waals surface area contributed by atoms with Gasteiger partial charge in [-0.15, -0.1) is 0 Å². The van der Waals surface area contributed by atoms with Crippen molar-refractivity contribution in [2.24, 2.45) is 5.92 Å². The van der Waals surface area contributed by atoms with Crippen LogP contribution in [0, 0.1) is 5.92 Å². The Kier molecular flexibility index (Phi) is 9.11. The van der Waals surface area contributed by atoms with E-state index >= 15 is 0 Å². The molecule has 0 saturated heterocycles. The molecule has 0 radical (unpaired) electrons. The van der Waals surface area contributed by atoms with Crippen LogP contribution in [0.25, 0.3) is 0 Å². The molecule has 0 bridgehead atoms. The predicted molar refractivity (Wildman–Crippen MR) is 67.2 cm³/mol. The second-order valence-corrected chi connectivity index (χ2v) is 4.16. The van der Waals surface area contributed by atoms with E-state index in [0.29, 0.717) is 13.0 Å². The van der Waals surface area contributed by atoms with Gasteiger partial charge in [-0.25, -0.2) is 0 Å². The van der Waals surface area contributed by atoms with E-state index in [2.05, 4.69) is 5.32 Å². The lowest BCUT2D eigenvalue weighted by Gasteiger charge is -2.02. The van der Waals surface area contributed by atoms with E-state index in [1.165, 1.54) is 6.26 Å². The van der Waals surface area contributed by atoms with E-state index < -0.39 is 0 Å². The van der Waals surface area contributed by atoms with E-state index in [0.717, 1.165) is 19.3 Å². The standard InChI is InChI=1S/C13H23NO3/c1-4-12(15)14-9-7-5-6-8-10-17-13(16)11(2)3/h8,10-11H,4-7,9H2,1-3H3,(H,14,15)/b10-8+. The van der Waals surface area contributed by atoms with Crippen molar-refractivity contribution in [2.75, 3.05) is 6.54 Å². The summed E-state index contributed by atoms with van der Waals surface area (Å²) in [5.74, 6) is -0.216. The second-order valence-electron chi connectivity index (χ2n) is 4.16. The van der Waals surface area contributed by atoms with Crippen LogP contribution in [0.15, 0.2) is 12.3 Å². The Balaban J connectivity index is 3.37. The van der Waals surface area contributed by atoms with Gasteiger partial charge in [-0.2, -0.15) is 0 Å². The Morgan fingerprint density at radius 2 is 2.00 bits per heavy atom. The van der Waals surface area contributed by atoms with Crippen LogP contribution in [-0.4, -0.2) is 18.4 Å². The number of hydrogen-bond donors (Lipinski definition) is 1. The smallest absolute Gasteiger partial charge is 0.313 e. The number of ether oxygens (including phenoxy) is 1. The number of carbonyl (C=O) groups excluding carboxylic acids is 2. The molecule has 1 N–H and O–H groups in total. The summed E-state index contributed by atoms with van der Waals surface area (Å²) in [6, 6.07) is 0. The third-order valence-corrected chi connectivity index (χ3v) is 2.19. The summed E-state index contributed by atoms with van der Waals surface area (Å²) in [5.41, 5.74) is 0. The van der Waals surface area contributed by atoms with Gasteiger partial charge >= 0.3 is 5.97 Å². The Labute approximate surface area is 103 Å². The van der Waals surface area contributed by atoms with Gasteiger partial charge in [0, 0.05) is 13.0 Å². The van der Waals surface area contributed by atoms with Gasteiger partial charge in [0.2, 0.25) is 5.91 Å². The second kappa shape index (κ2) is 9.87. The van der Waals surface area contributed by atoms with Gasteiger partial charge in [0.15, 0.2) is 0 Å². The summed E-state index contributed by atoms with van der Waals surface area (Å²) in [6.07, 6.45) is 6.58. The lowest BCUT2D eigenvalue weighted by molar-refractivity contribution is -0.141. The Hall–Kier alpha value is -1.32. The van der Waals surface area contributed by atoms with Crippen molar-refractivity contribution >= 4 is 11.9 Å². The van der Waals surface area contributed by atoms with Gasteiger partial charge in [-0.3, -0.25) is 9.59 Å². The number of carbonyl (C=O) groups is 2. The molecule has 0 spiro atoms. The van der Waals surface area contributed by atoms with Crippen molar-refractivity contribution in [3.05, 3.63) is 12.3 Å². The first-order valence-electron chi connectivity index (χ1n) is 6.20. The van der Waals surface area contributed by atoms with Crippen LogP contribution in [0.5, 0.6) is 0 Å². The van der Waals surface area contributed by atoms with Gasteiger partial charge in [0.25, 0.3) is 0 Å².